The normalized spacial score (nSPS) is 12.8. The van der Waals surface area contributed by atoms with Crippen molar-refractivity contribution in [3.8, 4) is 0 Å². The fraction of sp³-hybridized carbons (Fsp3) is 0.875. The lowest BCUT2D eigenvalue weighted by Gasteiger charge is -2.12. The second-order valence-electron chi connectivity index (χ2n) is 3.18. The first-order chi connectivity index (χ1) is 5.56. The van der Waals surface area contributed by atoms with E-state index in [1.165, 1.54) is 0 Å². The SMILES string of the molecule is CCC(N)CNC(=O)NC(C)C. The summed E-state index contributed by atoms with van der Waals surface area (Å²) in [4.78, 5) is 11.0. The van der Waals surface area contributed by atoms with Gasteiger partial charge in [-0.3, -0.25) is 0 Å². The van der Waals surface area contributed by atoms with E-state index in [9.17, 15) is 4.79 Å². The van der Waals surface area contributed by atoms with Crippen molar-refractivity contribution in [2.24, 2.45) is 5.73 Å². The summed E-state index contributed by atoms with van der Waals surface area (Å²) in [6.07, 6.45) is 0.877. The van der Waals surface area contributed by atoms with E-state index in [2.05, 4.69) is 10.6 Å². The highest BCUT2D eigenvalue weighted by Crippen LogP contribution is 1.82. The number of nitrogens with one attached hydrogen (secondary N) is 2. The van der Waals surface area contributed by atoms with Gasteiger partial charge in [0.1, 0.15) is 0 Å². The van der Waals surface area contributed by atoms with E-state index in [0.29, 0.717) is 6.54 Å². The van der Waals surface area contributed by atoms with Gasteiger partial charge in [0.15, 0.2) is 0 Å². The number of amides is 2. The van der Waals surface area contributed by atoms with E-state index in [1.807, 2.05) is 20.8 Å². The van der Waals surface area contributed by atoms with Crippen LogP contribution < -0.4 is 16.4 Å². The van der Waals surface area contributed by atoms with Crippen LogP contribution in [0.1, 0.15) is 27.2 Å². The molecule has 0 saturated heterocycles. The van der Waals surface area contributed by atoms with E-state index in [0.717, 1.165) is 6.42 Å². The molecule has 1 unspecified atom stereocenters. The molecule has 12 heavy (non-hydrogen) atoms. The Balaban J connectivity index is 3.44. The Kier molecular flexibility index (Phi) is 5.45. The molecule has 0 fully saturated rings. The topological polar surface area (TPSA) is 67.1 Å². The van der Waals surface area contributed by atoms with Gasteiger partial charge in [-0.05, 0) is 20.3 Å². The first-order valence-corrected chi connectivity index (χ1v) is 4.36. The van der Waals surface area contributed by atoms with Crippen LogP contribution in [0.2, 0.25) is 0 Å². The van der Waals surface area contributed by atoms with Crippen molar-refractivity contribution in [3.63, 3.8) is 0 Å². The van der Waals surface area contributed by atoms with Crippen molar-refractivity contribution in [1.82, 2.24) is 10.6 Å². The Morgan fingerprint density at radius 1 is 1.50 bits per heavy atom. The van der Waals surface area contributed by atoms with Crippen LogP contribution in [0.4, 0.5) is 4.79 Å². The van der Waals surface area contributed by atoms with Gasteiger partial charge in [0.25, 0.3) is 0 Å². The van der Waals surface area contributed by atoms with Gasteiger partial charge in [0.2, 0.25) is 0 Å². The Hall–Kier alpha value is -0.770. The molecule has 0 aromatic carbocycles. The summed E-state index contributed by atoms with van der Waals surface area (Å²) in [5.74, 6) is 0. The van der Waals surface area contributed by atoms with Crippen LogP contribution in [-0.4, -0.2) is 24.7 Å². The summed E-state index contributed by atoms with van der Waals surface area (Å²) >= 11 is 0. The molecule has 0 aromatic heterocycles. The predicted molar refractivity (Wildman–Crippen MR) is 49.9 cm³/mol. The molecule has 0 rings (SSSR count). The molecule has 0 spiro atoms. The van der Waals surface area contributed by atoms with Crippen LogP contribution in [0.5, 0.6) is 0 Å². The molecule has 4 nitrogen and oxygen atoms in total. The Morgan fingerprint density at radius 2 is 2.08 bits per heavy atom. The van der Waals surface area contributed by atoms with Crippen LogP contribution in [0.15, 0.2) is 0 Å². The summed E-state index contributed by atoms with van der Waals surface area (Å²) in [5, 5.41) is 5.41. The second-order valence-corrected chi connectivity index (χ2v) is 3.18. The molecule has 0 heterocycles. The summed E-state index contributed by atoms with van der Waals surface area (Å²) in [7, 11) is 0. The number of carbonyl (C=O) groups is 1. The maximum Gasteiger partial charge on any atom is 0.315 e. The second kappa shape index (κ2) is 5.83. The quantitative estimate of drug-likeness (QED) is 0.577. The van der Waals surface area contributed by atoms with E-state index in [1.54, 1.807) is 0 Å². The molecule has 0 aliphatic rings. The van der Waals surface area contributed by atoms with Crippen molar-refractivity contribution < 1.29 is 4.79 Å². The third-order valence-electron chi connectivity index (χ3n) is 1.47. The van der Waals surface area contributed by atoms with Crippen molar-refractivity contribution in [2.75, 3.05) is 6.54 Å². The van der Waals surface area contributed by atoms with Crippen molar-refractivity contribution >= 4 is 6.03 Å². The predicted octanol–water partition coefficient (Wildman–Crippen LogP) is 0.431. The summed E-state index contributed by atoms with van der Waals surface area (Å²) in [6, 6.07) is 0.0830. The minimum absolute atomic E-state index is 0.0583. The maximum absolute atomic E-state index is 11.0. The van der Waals surface area contributed by atoms with Gasteiger partial charge in [-0.1, -0.05) is 6.92 Å². The maximum atomic E-state index is 11.0. The van der Waals surface area contributed by atoms with Crippen LogP contribution in [0, 0.1) is 0 Å². The minimum Gasteiger partial charge on any atom is -0.337 e. The number of nitrogens with two attached hydrogens (primary N) is 1. The number of urea groups is 1. The molecule has 0 bridgehead atoms. The van der Waals surface area contributed by atoms with E-state index < -0.39 is 0 Å². The van der Waals surface area contributed by atoms with Crippen molar-refractivity contribution in [3.05, 3.63) is 0 Å². The molecular formula is C8H19N3O. The highest BCUT2D eigenvalue weighted by Gasteiger charge is 2.03. The molecule has 0 aliphatic heterocycles. The number of carbonyl (C=O) groups excluding carboxylic acids is 1. The Labute approximate surface area is 73.9 Å². The number of rotatable bonds is 4. The zero-order valence-electron chi connectivity index (χ0n) is 8.05. The Morgan fingerprint density at radius 3 is 2.50 bits per heavy atom. The average Bonchev–Trinajstić information content (AvgIpc) is 1.99. The lowest BCUT2D eigenvalue weighted by molar-refractivity contribution is 0.238. The molecule has 0 aromatic rings. The van der Waals surface area contributed by atoms with Crippen molar-refractivity contribution in [1.29, 1.82) is 0 Å². The van der Waals surface area contributed by atoms with Gasteiger partial charge in [-0.15, -0.1) is 0 Å². The molecule has 0 saturated carbocycles. The lowest BCUT2D eigenvalue weighted by Crippen LogP contribution is -2.44. The molecular weight excluding hydrogens is 154 g/mol. The van der Waals surface area contributed by atoms with Gasteiger partial charge in [0, 0.05) is 18.6 Å². The largest absolute Gasteiger partial charge is 0.337 e. The molecule has 4 heteroatoms. The molecule has 1 atom stereocenters. The first-order valence-electron chi connectivity index (χ1n) is 4.36. The van der Waals surface area contributed by atoms with E-state index >= 15 is 0 Å². The molecule has 4 N–H and O–H groups in total. The Bertz CT molecular complexity index is 136. The third-order valence-corrected chi connectivity index (χ3v) is 1.47. The van der Waals surface area contributed by atoms with Crippen LogP contribution >= 0.6 is 0 Å². The molecule has 72 valence electrons. The standard InChI is InChI=1S/C8H19N3O/c1-4-7(9)5-10-8(12)11-6(2)3/h6-7H,4-5,9H2,1-3H3,(H2,10,11,12). The van der Waals surface area contributed by atoms with Gasteiger partial charge in [-0.2, -0.15) is 0 Å². The highest BCUT2D eigenvalue weighted by atomic mass is 16.2. The fourth-order valence-corrected chi connectivity index (χ4v) is 0.681. The lowest BCUT2D eigenvalue weighted by atomic mass is 10.2. The van der Waals surface area contributed by atoms with Crippen molar-refractivity contribution in [2.45, 2.75) is 39.3 Å². The molecule has 0 aliphatic carbocycles. The van der Waals surface area contributed by atoms with Crippen LogP contribution in [0.3, 0.4) is 0 Å². The zero-order valence-corrected chi connectivity index (χ0v) is 8.05. The third kappa shape index (κ3) is 5.97. The monoisotopic (exact) mass is 173 g/mol. The number of hydrogen-bond donors (Lipinski definition) is 3. The van der Waals surface area contributed by atoms with Crippen LogP contribution in [-0.2, 0) is 0 Å². The van der Waals surface area contributed by atoms with Gasteiger partial charge in [-0.25, -0.2) is 4.79 Å². The first kappa shape index (κ1) is 11.2. The molecule has 0 radical (unpaired) electrons. The summed E-state index contributed by atoms with van der Waals surface area (Å²) < 4.78 is 0. The van der Waals surface area contributed by atoms with Gasteiger partial charge in [0.05, 0.1) is 0 Å². The smallest absolute Gasteiger partial charge is 0.315 e. The van der Waals surface area contributed by atoms with Gasteiger partial charge < -0.3 is 16.4 Å². The number of hydrogen-bond acceptors (Lipinski definition) is 2. The van der Waals surface area contributed by atoms with Gasteiger partial charge >= 0.3 is 6.03 Å². The summed E-state index contributed by atoms with van der Waals surface area (Å²) in [6.45, 7) is 6.36. The molecule has 2 amide bonds. The zero-order chi connectivity index (χ0) is 9.56. The van der Waals surface area contributed by atoms with E-state index in [4.69, 9.17) is 5.73 Å². The highest BCUT2D eigenvalue weighted by molar-refractivity contribution is 5.74. The van der Waals surface area contributed by atoms with Crippen LogP contribution in [0.25, 0.3) is 0 Å². The fourth-order valence-electron chi connectivity index (χ4n) is 0.681. The minimum atomic E-state index is -0.145. The van der Waals surface area contributed by atoms with E-state index in [-0.39, 0.29) is 18.1 Å². The average molecular weight is 173 g/mol. The summed E-state index contributed by atoms with van der Waals surface area (Å²) in [5.41, 5.74) is 5.61.